The third kappa shape index (κ3) is 6.68. The van der Waals surface area contributed by atoms with Crippen molar-refractivity contribution in [3.63, 3.8) is 0 Å². The van der Waals surface area contributed by atoms with Gasteiger partial charge in [-0.3, -0.25) is 9.69 Å². The number of rotatable bonds is 12. The third-order valence-electron chi connectivity index (χ3n) is 7.20. The number of fused-ring (bicyclic) bond motifs is 1. The highest BCUT2D eigenvalue weighted by Gasteiger charge is 2.21. The molecular weight excluding hydrogens is 482 g/mol. The second-order valence-corrected chi connectivity index (χ2v) is 9.47. The van der Waals surface area contributed by atoms with Gasteiger partial charge in [0.15, 0.2) is 11.5 Å². The predicted octanol–water partition coefficient (Wildman–Crippen LogP) is 3.74. The fraction of sp³-hybridized carbons (Fsp3) is 0.433. The van der Waals surface area contributed by atoms with E-state index in [-0.39, 0.29) is 5.91 Å². The standard InChI is InChI=1S/C30H39N3O5/c1-35-25-10-8-22-6-5-7-23(26(22)20-25)12-14-31-28(34)13-15-32-16-18-33(19-17-32)21-24-9-11-27(36-2)30(38-4)29(24)37-3/h5-11,20H,12-19,21H2,1-4H3,(H,31,34). The zero-order valence-corrected chi connectivity index (χ0v) is 22.9. The topological polar surface area (TPSA) is 72.5 Å². The molecule has 1 amide bonds. The van der Waals surface area contributed by atoms with Crippen molar-refractivity contribution in [2.45, 2.75) is 19.4 Å². The lowest BCUT2D eigenvalue weighted by molar-refractivity contribution is -0.121. The van der Waals surface area contributed by atoms with Crippen molar-refractivity contribution in [3.05, 3.63) is 59.7 Å². The van der Waals surface area contributed by atoms with Gasteiger partial charge in [-0.25, -0.2) is 0 Å². The van der Waals surface area contributed by atoms with Gasteiger partial charge in [-0.05, 0) is 41.0 Å². The number of ether oxygens (including phenoxy) is 4. The SMILES string of the molecule is COc1ccc2cccc(CCNC(=O)CCN3CCN(Cc4ccc(OC)c(OC)c4OC)CC3)c2c1. The van der Waals surface area contributed by atoms with Gasteiger partial charge in [-0.15, -0.1) is 0 Å². The van der Waals surface area contributed by atoms with Crippen molar-refractivity contribution in [1.29, 1.82) is 0 Å². The van der Waals surface area contributed by atoms with E-state index in [1.807, 2.05) is 18.2 Å². The molecule has 1 fully saturated rings. The highest BCUT2D eigenvalue weighted by atomic mass is 16.5. The second-order valence-electron chi connectivity index (χ2n) is 9.47. The largest absolute Gasteiger partial charge is 0.497 e. The third-order valence-corrected chi connectivity index (χ3v) is 7.20. The Hall–Kier alpha value is -3.49. The summed E-state index contributed by atoms with van der Waals surface area (Å²) in [5.41, 5.74) is 2.28. The Balaban J connectivity index is 1.20. The summed E-state index contributed by atoms with van der Waals surface area (Å²) >= 11 is 0. The van der Waals surface area contributed by atoms with Crippen LogP contribution in [0.1, 0.15) is 17.5 Å². The average Bonchev–Trinajstić information content (AvgIpc) is 2.96. The molecule has 1 heterocycles. The Morgan fingerprint density at radius 1 is 0.816 bits per heavy atom. The molecule has 4 rings (SSSR count). The highest BCUT2D eigenvalue weighted by Crippen LogP contribution is 2.40. The zero-order chi connectivity index (χ0) is 26.9. The van der Waals surface area contributed by atoms with E-state index in [1.54, 1.807) is 28.4 Å². The number of hydrogen-bond acceptors (Lipinski definition) is 7. The van der Waals surface area contributed by atoms with Crippen LogP contribution in [0.15, 0.2) is 48.5 Å². The van der Waals surface area contributed by atoms with Crippen LogP contribution in [-0.4, -0.2) is 83.4 Å². The van der Waals surface area contributed by atoms with Gasteiger partial charge in [0.2, 0.25) is 11.7 Å². The van der Waals surface area contributed by atoms with Crippen molar-refractivity contribution < 1.29 is 23.7 Å². The summed E-state index contributed by atoms with van der Waals surface area (Å²) in [7, 11) is 6.58. The molecular formula is C30H39N3O5. The smallest absolute Gasteiger partial charge is 0.221 e. The molecule has 204 valence electrons. The van der Waals surface area contributed by atoms with Crippen LogP contribution >= 0.6 is 0 Å². The number of carbonyl (C=O) groups excluding carboxylic acids is 1. The van der Waals surface area contributed by atoms with Gasteiger partial charge < -0.3 is 29.2 Å². The molecule has 0 unspecified atom stereocenters. The molecule has 1 aliphatic heterocycles. The Morgan fingerprint density at radius 2 is 1.58 bits per heavy atom. The summed E-state index contributed by atoms with van der Waals surface area (Å²) in [5, 5.41) is 5.45. The summed E-state index contributed by atoms with van der Waals surface area (Å²) in [6, 6.07) is 16.3. The molecule has 3 aromatic rings. The highest BCUT2D eigenvalue weighted by molar-refractivity contribution is 5.87. The first-order valence-corrected chi connectivity index (χ1v) is 13.1. The van der Waals surface area contributed by atoms with Gasteiger partial charge in [-0.2, -0.15) is 0 Å². The van der Waals surface area contributed by atoms with Crippen LogP contribution in [0.4, 0.5) is 0 Å². The predicted molar refractivity (Wildman–Crippen MR) is 150 cm³/mol. The molecule has 0 atom stereocenters. The van der Waals surface area contributed by atoms with Crippen molar-refractivity contribution in [2.24, 2.45) is 0 Å². The van der Waals surface area contributed by atoms with Gasteiger partial charge in [0.25, 0.3) is 0 Å². The molecule has 0 saturated carbocycles. The molecule has 1 aliphatic rings. The van der Waals surface area contributed by atoms with E-state index in [1.165, 1.54) is 16.3 Å². The minimum atomic E-state index is 0.0975. The molecule has 8 nitrogen and oxygen atoms in total. The monoisotopic (exact) mass is 521 g/mol. The Labute approximate surface area is 225 Å². The van der Waals surface area contributed by atoms with E-state index in [0.717, 1.165) is 57.0 Å². The number of nitrogens with one attached hydrogen (secondary N) is 1. The number of piperazine rings is 1. The van der Waals surface area contributed by atoms with Crippen molar-refractivity contribution >= 4 is 16.7 Å². The van der Waals surface area contributed by atoms with Crippen LogP contribution in [-0.2, 0) is 17.8 Å². The van der Waals surface area contributed by atoms with Gasteiger partial charge in [0.1, 0.15) is 5.75 Å². The lowest BCUT2D eigenvalue weighted by Crippen LogP contribution is -2.46. The van der Waals surface area contributed by atoms with Crippen molar-refractivity contribution in [1.82, 2.24) is 15.1 Å². The van der Waals surface area contributed by atoms with Crippen LogP contribution < -0.4 is 24.3 Å². The number of amides is 1. The zero-order valence-electron chi connectivity index (χ0n) is 22.9. The van der Waals surface area contributed by atoms with Gasteiger partial charge in [0, 0.05) is 57.8 Å². The first-order valence-electron chi connectivity index (χ1n) is 13.1. The minimum absolute atomic E-state index is 0.0975. The van der Waals surface area contributed by atoms with Crippen molar-refractivity contribution in [3.8, 4) is 23.0 Å². The van der Waals surface area contributed by atoms with Gasteiger partial charge in [-0.1, -0.05) is 30.3 Å². The van der Waals surface area contributed by atoms with Gasteiger partial charge in [0.05, 0.1) is 28.4 Å². The molecule has 38 heavy (non-hydrogen) atoms. The maximum atomic E-state index is 12.5. The van der Waals surface area contributed by atoms with Crippen molar-refractivity contribution in [2.75, 3.05) is 67.7 Å². The summed E-state index contributed by atoms with van der Waals surface area (Å²) in [5.74, 6) is 2.94. The van der Waals surface area contributed by atoms with E-state index in [9.17, 15) is 4.79 Å². The van der Waals surface area contributed by atoms with Crippen LogP contribution in [0.3, 0.4) is 0 Å². The first kappa shape index (κ1) is 27.5. The fourth-order valence-corrected chi connectivity index (χ4v) is 5.05. The summed E-state index contributed by atoms with van der Waals surface area (Å²) in [6.45, 7) is 5.90. The lowest BCUT2D eigenvalue weighted by atomic mass is 10.0. The summed E-state index contributed by atoms with van der Waals surface area (Å²) in [4.78, 5) is 17.3. The van der Waals surface area contributed by atoms with E-state index < -0.39 is 0 Å². The number of nitrogens with zero attached hydrogens (tertiary/aromatic N) is 2. The normalized spacial score (nSPS) is 14.3. The number of carbonyl (C=O) groups is 1. The maximum Gasteiger partial charge on any atom is 0.221 e. The maximum absolute atomic E-state index is 12.5. The van der Waals surface area contributed by atoms with Crippen LogP contribution in [0.5, 0.6) is 23.0 Å². The average molecular weight is 522 g/mol. The van der Waals surface area contributed by atoms with Crippen LogP contribution in [0.2, 0.25) is 0 Å². The number of benzene rings is 3. The Morgan fingerprint density at radius 3 is 2.29 bits per heavy atom. The second kappa shape index (κ2) is 13.3. The molecule has 0 bridgehead atoms. The summed E-state index contributed by atoms with van der Waals surface area (Å²) in [6.07, 6.45) is 1.29. The molecule has 0 spiro atoms. The quantitative estimate of drug-likeness (QED) is 0.389. The van der Waals surface area contributed by atoms with Crippen LogP contribution in [0, 0.1) is 0 Å². The molecule has 8 heteroatoms. The van der Waals surface area contributed by atoms with E-state index in [0.29, 0.717) is 30.2 Å². The molecule has 1 saturated heterocycles. The fourth-order valence-electron chi connectivity index (χ4n) is 5.05. The summed E-state index contributed by atoms with van der Waals surface area (Å²) < 4.78 is 21.9. The Kier molecular flexibility index (Phi) is 9.67. The lowest BCUT2D eigenvalue weighted by Gasteiger charge is -2.35. The molecule has 3 aromatic carbocycles. The van der Waals surface area contributed by atoms with Crippen LogP contribution in [0.25, 0.3) is 10.8 Å². The molecule has 0 aliphatic carbocycles. The minimum Gasteiger partial charge on any atom is -0.497 e. The van der Waals surface area contributed by atoms with Gasteiger partial charge >= 0.3 is 0 Å². The van der Waals surface area contributed by atoms with E-state index >= 15 is 0 Å². The first-order chi connectivity index (χ1) is 18.6. The molecule has 0 radical (unpaired) electrons. The van der Waals surface area contributed by atoms with E-state index in [2.05, 4.69) is 45.4 Å². The Bertz CT molecular complexity index is 1220. The number of hydrogen-bond donors (Lipinski definition) is 1. The molecule has 1 N–H and O–H groups in total. The van der Waals surface area contributed by atoms with E-state index in [4.69, 9.17) is 18.9 Å². The number of methoxy groups -OCH3 is 4. The molecule has 0 aromatic heterocycles.